The Labute approximate surface area is 120 Å². The molecule has 0 aliphatic rings. The van der Waals surface area contributed by atoms with Crippen LogP contribution >= 0.6 is 0 Å². The van der Waals surface area contributed by atoms with Crippen LogP contribution < -0.4 is 0 Å². The van der Waals surface area contributed by atoms with Crippen LogP contribution in [-0.2, 0) is 0 Å². The number of rotatable bonds is 3. The van der Waals surface area contributed by atoms with Crippen LogP contribution in [0, 0.1) is 25.7 Å². The van der Waals surface area contributed by atoms with Gasteiger partial charge in [0.1, 0.15) is 0 Å². The Hall–Kier alpha value is -2.33. The van der Waals surface area contributed by atoms with Crippen molar-refractivity contribution < 1.29 is 4.79 Å². The molecule has 0 unspecified atom stereocenters. The molecule has 0 atom stereocenters. The van der Waals surface area contributed by atoms with Crippen molar-refractivity contribution >= 4 is 5.78 Å². The number of hydrogen-bond donors (Lipinski definition) is 0. The molecule has 100 valence electrons. The second-order valence-corrected chi connectivity index (χ2v) is 4.91. The van der Waals surface area contributed by atoms with Crippen molar-refractivity contribution in [3.63, 3.8) is 0 Å². The predicted molar refractivity (Wildman–Crippen MR) is 82.8 cm³/mol. The fraction of sp³-hybridized carbons (Fsp3) is 0.211. The molecule has 0 aliphatic heterocycles. The molecule has 2 aromatic rings. The molecule has 1 nitrogen and oxygen atoms in total. The van der Waals surface area contributed by atoms with E-state index in [-0.39, 0.29) is 5.78 Å². The van der Waals surface area contributed by atoms with Gasteiger partial charge in [0.15, 0.2) is 5.78 Å². The summed E-state index contributed by atoms with van der Waals surface area (Å²) in [5.74, 6) is 6.37. The summed E-state index contributed by atoms with van der Waals surface area (Å²) in [6.07, 6.45) is 1.07. The maximum Gasteiger partial charge on any atom is 0.163 e. The third-order valence-corrected chi connectivity index (χ3v) is 3.22. The van der Waals surface area contributed by atoms with Gasteiger partial charge in [0.25, 0.3) is 0 Å². The fourth-order valence-corrected chi connectivity index (χ4v) is 1.93. The maximum atomic E-state index is 12.0. The van der Waals surface area contributed by atoms with Gasteiger partial charge >= 0.3 is 0 Å². The van der Waals surface area contributed by atoms with Crippen molar-refractivity contribution in [1.29, 1.82) is 0 Å². The third-order valence-electron chi connectivity index (χ3n) is 3.22. The second-order valence-electron chi connectivity index (χ2n) is 4.91. The van der Waals surface area contributed by atoms with Crippen LogP contribution in [0.15, 0.2) is 48.5 Å². The lowest BCUT2D eigenvalue weighted by atomic mass is 10.0. The molecule has 0 bridgehead atoms. The number of Topliss-reactive ketones (excluding diaryl/α,β-unsaturated/α-hetero) is 1. The van der Waals surface area contributed by atoms with Gasteiger partial charge in [-0.15, -0.1) is 0 Å². The van der Waals surface area contributed by atoms with E-state index >= 15 is 0 Å². The monoisotopic (exact) mass is 262 g/mol. The van der Waals surface area contributed by atoms with Gasteiger partial charge in [-0.2, -0.15) is 0 Å². The molecule has 2 rings (SSSR count). The molecule has 0 saturated heterocycles. The van der Waals surface area contributed by atoms with Gasteiger partial charge in [-0.3, -0.25) is 4.79 Å². The number of carbonyl (C=O) groups excluding carboxylic acids is 1. The topological polar surface area (TPSA) is 17.1 Å². The van der Waals surface area contributed by atoms with Crippen LogP contribution in [0.25, 0.3) is 0 Å². The van der Waals surface area contributed by atoms with E-state index in [4.69, 9.17) is 0 Å². The number of hydrogen-bond acceptors (Lipinski definition) is 1. The molecule has 2 aromatic carbocycles. The SMILES string of the molecule is Cc1ccc(C(=O)CCC#Cc2ccccc2C)cc1. The first kappa shape index (κ1) is 14.1. The van der Waals surface area contributed by atoms with Crippen LogP contribution in [0.3, 0.4) is 0 Å². The molecule has 0 aromatic heterocycles. The Kier molecular flexibility index (Phi) is 4.74. The Bertz CT molecular complexity index is 654. The lowest BCUT2D eigenvalue weighted by molar-refractivity contribution is 0.0984. The third kappa shape index (κ3) is 3.83. The molecule has 0 aliphatic carbocycles. The van der Waals surface area contributed by atoms with E-state index < -0.39 is 0 Å². The van der Waals surface area contributed by atoms with E-state index in [1.165, 1.54) is 11.1 Å². The lowest BCUT2D eigenvalue weighted by Gasteiger charge is -1.99. The Balaban J connectivity index is 1.92. The molecular weight excluding hydrogens is 244 g/mol. The number of aryl methyl sites for hydroxylation is 2. The summed E-state index contributed by atoms with van der Waals surface area (Å²) in [7, 11) is 0. The van der Waals surface area contributed by atoms with Crippen molar-refractivity contribution in [3.8, 4) is 11.8 Å². The van der Waals surface area contributed by atoms with E-state index in [1.807, 2.05) is 62.4 Å². The highest BCUT2D eigenvalue weighted by atomic mass is 16.1. The molecule has 0 N–H and O–H groups in total. The summed E-state index contributed by atoms with van der Waals surface area (Å²) < 4.78 is 0. The summed E-state index contributed by atoms with van der Waals surface area (Å²) >= 11 is 0. The van der Waals surface area contributed by atoms with E-state index in [9.17, 15) is 4.79 Å². The Morgan fingerprint density at radius 2 is 1.70 bits per heavy atom. The Morgan fingerprint density at radius 3 is 2.40 bits per heavy atom. The van der Waals surface area contributed by atoms with Gasteiger partial charge in [-0.05, 0) is 25.5 Å². The number of carbonyl (C=O) groups is 1. The average Bonchev–Trinajstić information content (AvgIpc) is 2.46. The second kappa shape index (κ2) is 6.73. The number of benzene rings is 2. The molecule has 1 heteroatoms. The minimum absolute atomic E-state index is 0.157. The maximum absolute atomic E-state index is 12.0. The van der Waals surface area contributed by atoms with Crippen molar-refractivity contribution in [2.45, 2.75) is 26.7 Å². The predicted octanol–water partition coefficient (Wildman–Crippen LogP) is 4.32. The van der Waals surface area contributed by atoms with E-state index in [2.05, 4.69) is 11.8 Å². The van der Waals surface area contributed by atoms with Crippen LogP contribution in [0.4, 0.5) is 0 Å². The quantitative estimate of drug-likeness (QED) is 0.595. The van der Waals surface area contributed by atoms with Gasteiger partial charge in [-0.1, -0.05) is 59.9 Å². The van der Waals surface area contributed by atoms with Gasteiger partial charge in [0.2, 0.25) is 0 Å². The van der Waals surface area contributed by atoms with Crippen LogP contribution in [-0.4, -0.2) is 5.78 Å². The van der Waals surface area contributed by atoms with Gasteiger partial charge in [0, 0.05) is 24.0 Å². The van der Waals surface area contributed by atoms with Crippen LogP contribution in [0.2, 0.25) is 0 Å². The first-order valence-corrected chi connectivity index (χ1v) is 6.81. The highest BCUT2D eigenvalue weighted by molar-refractivity contribution is 5.96. The van der Waals surface area contributed by atoms with Crippen molar-refractivity contribution in [2.75, 3.05) is 0 Å². The molecule has 20 heavy (non-hydrogen) atoms. The van der Waals surface area contributed by atoms with Crippen molar-refractivity contribution in [3.05, 3.63) is 70.8 Å². The molecular formula is C19H18O. The number of ketones is 1. The highest BCUT2D eigenvalue weighted by Gasteiger charge is 2.03. The highest BCUT2D eigenvalue weighted by Crippen LogP contribution is 2.08. The fourth-order valence-electron chi connectivity index (χ4n) is 1.93. The summed E-state index contributed by atoms with van der Waals surface area (Å²) in [5, 5.41) is 0. The summed E-state index contributed by atoms with van der Waals surface area (Å²) in [4.78, 5) is 12.0. The van der Waals surface area contributed by atoms with E-state index in [1.54, 1.807) is 0 Å². The zero-order valence-corrected chi connectivity index (χ0v) is 11.9. The molecule has 0 fully saturated rings. The lowest BCUT2D eigenvalue weighted by Crippen LogP contribution is -1.97. The minimum Gasteiger partial charge on any atom is -0.294 e. The zero-order valence-electron chi connectivity index (χ0n) is 11.9. The Morgan fingerprint density at radius 1 is 1.00 bits per heavy atom. The summed E-state index contributed by atoms with van der Waals surface area (Å²) in [6, 6.07) is 15.7. The van der Waals surface area contributed by atoms with Crippen LogP contribution in [0.1, 0.15) is 39.9 Å². The first-order chi connectivity index (χ1) is 9.66. The molecule has 0 amide bonds. The normalized spacial score (nSPS) is 9.70. The molecule has 0 heterocycles. The standard InChI is InChI=1S/C19H18O/c1-15-11-13-18(14-12-15)19(20)10-6-5-9-17-8-4-3-7-16(17)2/h3-4,7-8,11-14H,6,10H2,1-2H3. The van der Waals surface area contributed by atoms with Gasteiger partial charge in [-0.25, -0.2) is 0 Å². The molecule has 0 spiro atoms. The first-order valence-electron chi connectivity index (χ1n) is 6.81. The van der Waals surface area contributed by atoms with Gasteiger partial charge < -0.3 is 0 Å². The average molecular weight is 262 g/mol. The van der Waals surface area contributed by atoms with E-state index in [0.717, 1.165) is 11.1 Å². The smallest absolute Gasteiger partial charge is 0.163 e. The largest absolute Gasteiger partial charge is 0.294 e. The van der Waals surface area contributed by atoms with Gasteiger partial charge in [0.05, 0.1) is 0 Å². The zero-order chi connectivity index (χ0) is 14.4. The molecule has 0 radical (unpaired) electrons. The minimum atomic E-state index is 0.157. The summed E-state index contributed by atoms with van der Waals surface area (Å²) in [5.41, 5.74) is 4.15. The van der Waals surface area contributed by atoms with Crippen molar-refractivity contribution in [2.24, 2.45) is 0 Å². The summed E-state index contributed by atoms with van der Waals surface area (Å²) in [6.45, 7) is 4.06. The van der Waals surface area contributed by atoms with Crippen molar-refractivity contribution in [1.82, 2.24) is 0 Å². The van der Waals surface area contributed by atoms with Crippen LogP contribution in [0.5, 0.6) is 0 Å². The molecule has 0 saturated carbocycles. The van der Waals surface area contributed by atoms with E-state index in [0.29, 0.717) is 12.8 Å².